The molecule has 2 aromatic heterocycles. The molecule has 3 aromatic rings. The SMILES string of the molecule is CCCCCCCCOc1cnc2c(c1)cc(Cl)c1cccnc12. The van der Waals surface area contributed by atoms with E-state index in [0.717, 1.165) is 40.6 Å². The van der Waals surface area contributed by atoms with E-state index in [4.69, 9.17) is 16.3 Å². The number of pyridine rings is 2. The van der Waals surface area contributed by atoms with Gasteiger partial charge in [-0.3, -0.25) is 9.97 Å². The third kappa shape index (κ3) is 3.96. The number of aromatic nitrogens is 2. The lowest BCUT2D eigenvalue weighted by Crippen LogP contribution is -1.98. The van der Waals surface area contributed by atoms with Gasteiger partial charge >= 0.3 is 0 Å². The van der Waals surface area contributed by atoms with Gasteiger partial charge in [-0.2, -0.15) is 0 Å². The number of ether oxygens (including phenoxy) is 1. The number of benzene rings is 1. The van der Waals surface area contributed by atoms with Crippen molar-refractivity contribution < 1.29 is 4.74 Å². The standard InChI is InChI=1S/C20H23ClN2O/c1-2-3-4-5-6-7-11-24-16-12-15-13-18(21)17-9-8-10-22-20(17)19(15)23-14-16/h8-10,12-14H,2-7,11H2,1H3. The van der Waals surface area contributed by atoms with Crippen LogP contribution in [0.2, 0.25) is 5.02 Å². The Labute approximate surface area is 148 Å². The average Bonchev–Trinajstić information content (AvgIpc) is 2.61. The number of halogens is 1. The molecule has 0 bridgehead atoms. The van der Waals surface area contributed by atoms with Gasteiger partial charge in [-0.1, -0.05) is 50.6 Å². The molecule has 0 amide bonds. The van der Waals surface area contributed by atoms with E-state index in [0.29, 0.717) is 5.02 Å². The smallest absolute Gasteiger partial charge is 0.138 e. The van der Waals surface area contributed by atoms with E-state index in [1.165, 1.54) is 32.1 Å². The molecule has 0 N–H and O–H groups in total. The minimum atomic E-state index is 0.695. The van der Waals surface area contributed by atoms with Crippen LogP contribution in [0.4, 0.5) is 0 Å². The summed E-state index contributed by atoms with van der Waals surface area (Å²) in [6, 6.07) is 7.79. The zero-order valence-corrected chi connectivity index (χ0v) is 14.9. The molecule has 0 unspecified atom stereocenters. The van der Waals surface area contributed by atoms with Crippen LogP contribution in [0.3, 0.4) is 0 Å². The fraction of sp³-hybridized carbons (Fsp3) is 0.400. The number of hydrogen-bond donors (Lipinski definition) is 0. The molecular weight excluding hydrogens is 320 g/mol. The predicted molar refractivity (Wildman–Crippen MR) is 101 cm³/mol. The van der Waals surface area contributed by atoms with Crippen LogP contribution >= 0.6 is 11.6 Å². The molecular formula is C20H23ClN2O. The van der Waals surface area contributed by atoms with Crippen molar-refractivity contribution in [3.8, 4) is 5.75 Å². The maximum absolute atomic E-state index is 6.37. The summed E-state index contributed by atoms with van der Waals surface area (Å²) in [6.45, 7) is 2.97. The van der Waals surface area contributed by atoms with Crippen LogP contribution < -0.4 is 4.74 Å². The summed E-state index contributed by atoms with van der Waals surface area (Å²) in [5.74, 6) is 0.794. The van der Waals surface area contributed by atoms with Crippen molar-refractivity contribution in [2.45, 2.75) is 45.4 Å². The molecule has 3 rings (SSSR count). The van der Waals surface area contributed by atoms with Gasteiger partial charge in [-0.25, -0.2) is 0 Å². The van der Waals surface area contributed by atoms with Crippen LogP contribution in [0.5, 0.6) is 5.75 Å². The molecule has 0 aliphatic heterocycles. The van der Waals surface area contributed by atoms with Crippen molar-refractivity contribution >= 4 is 33.4 Å². The van der Waals surface area contributed by atoms with Gasteiger partial charge in [-0.05, 0) is 30.7 Å². The monoisotopic (exact) mass is 342 g/mol. The van der Waals surface area contributed by atoms with Gasteiger partial charge in [0.15, 0.2) is 0 Å². The normalized spacial score (nSPS) is 11.2. The number of fused-ring (bicyclic) bond motifs is 3. The second-order valence-electron chi connectivity index (χ2n) is 6.12. The molecule has 4 heteroatoms. The summed E-state index contributed by atoms with van der Waals surface area (Å²) in [5, 5.41) is 2.59. The van der Waals surface area contributed by atoms with E-state index in [1.54, 1.807) is 12.4 Å². The first-order valence-electron chi connectivity index (χ1n) is 8.75. The first-order valence-corrected chi connectivity index (χ1v) is 9.13. The van der Waals surface area contributed by atoms with Crippen molar-refractivity contribution in [3.05, 3.63) is 41.7 Å². The van der Waals surface area contributed by atoms with Crippen LogP contribution in [-0.2, 0) is 0 Å². The molecule has 2 heterocycles. The van der Waals surface area contributed by atoms with Crippen molar-refractivity contribution in [1.82, 2.24) is 9.97 Å². The van der Waals surface area contributed by atoms with Gasteiger partial charge in [0.1, 0.15) is 5.75 Å². The summed E-state index contributed by atoms with van der Waals surface area (Å²) in [7, 11) is 0. The van der Waals surface area contributed by atoms with Crippen LogP contribution in [-0.4, -0.2) is 16.6 Å². The lowest BCUT2D eigenvalue weighted by Gasteiger charge is -2.09. The molecule has 0 atom stereocenters. The van der Waals surface area contributed by atoms with Gasteiger partial charge in [0.2, 0.25) is 0 Å². The number of nitrogens with zero attached hydrogens (tertiary/aromatic N) is 2. The number of rotatable bonds is 8. The molecule has 1 aromatic carbocycles. The van der Waals surface area contributed by atoms with Gasteiger partial charge in [0.05, 0.1) is 28.9 Å². The van der Waals surface area contributed by atoms with E-state index in [1.807, 2.05) is 24.3 Å². The maximum atomic E-state index is 6.37. The summed E-state index contributed by atoms with van der Waals surface area (Å²) in [6.07, 6.45) is 11.1. The fourth-order valence-electron chi connectivity index (χ4n) is 2.92. The average molecular weight is 343 g/mol. The van der Waals surface area contributed by atoms with E-state index in [9.17, 15) is 0 Å². The van der Waals surface area contributed by atoms with Gasteiger partial charge in [0.25, 0.3) is 0 Å². The molecule has 126 valence electrons. The topological polar surface area (TPSA) is 35.0 Å². The Hall–Kier alpha value is -1.87. The third-order valence-corrected chi connectivity index (χ3v) is 4.54. The number of hydrogen-bond acceptors (Lipinski definition) is 3. The highest BCUT2D eigenvalue weighted by Gasteiger charge is 2.08. The van der Waals surface area contributed by atoms with Gasteiger partial charge in [-0.15, -0.1) is 0 Å². The molecule has 0 radical (unpaired) electrons. The predicted octanol–water partition coefficient (Wildman–Crippen LogP) is 6.18. The molecule has 3 nitrogen and oxygen atoms in total. The third-order valence-electron chi connectivity index (χ3n) is 4.23. The van der Waals surface area contributed by atoms with E-state index < -0.39 is 0 Å². The molecule has 24 heavy (non-hydrogen) atoms. The minimum Gasteiger partial charge on any atom is -0.492 e. The zero-order chi connectivity index (χ0) is 16.8. The second kappa shape index (κ2) is 8.29. The highest BCUT2D eigenvalue weighted by atomic mass is 35.5. The Morgan fingerprint density at radius 2 is 1.83 bits per heavy atom. The van der Waals surface area contributed by atoms with Gasteiger partial charge < -0.3 is 4.74 Å². The Morgan fingerprint density at radius 1 is 1.00 bits per heavy atom. The van der Waals surface area contributed by atoms with E-state index in [-0.39, 0.29) is 0 Å². The zero-order valence-electron chi connectivity index (χ0n) is 14.1. The summed E-state index contributed by atoms with van der Waals surface area (Å²) >= 11 is 6.37. The first kappa shape index (κ1) is 17.0. The van der Waals surface area contributed by atoms with Crippen LogP contribution in [0, 0.1) is 0 Å². The molecule has 0 spiro atoms. The summed E-state index contributed by atoms with van der Waals surface area (Å²) < 4.78 is 5.85. The lowest BCUT2D eigenvalue weighted by molar-refractivity contribution is 0.304. The van der Waals surface area contributed by atoms with Crippen LogP contribution in [0.15, 0.2) is 36.7 Å². The Bertz CT molecular complexity index is 819. The van der Waals surface area contributed by atoms with Crippen LogP contribution in [0.1, 0.15) is 45.4 Å². The maximum Gasteiger partial charge on any atom is 0.138 e. The highest BCUT2D eigenvalue weighted by molar-refractivity contribution is 6.37. The Kier molecular flexibility index (Phi) is 5.86. The van der Waals surface area contributed by atoms with Crippen molar-refractivity contribution in [2.24, 2.45) is 0 Å². The molecule has 0 aliphatic rings. The number of unbranched alkanes of at least 4 members (excludes halogenated alkanes) is 5. The molecule has 0 saturated heterocycles. The Balaban J connectivity index is 1.67. The van der Waals surface area contributed by atoms with Crippen LogP contribution in [0.25, 0.3) is 21.8 Å². The van der Waals surface area contributed by atoms with Crippen molar-refractivity contribution in [1.29, 1.82) is 0 Å². The summed E-state index contributed by atoms with van der Waals surface area (Å²) in [5.41, 5.74) is 1.70. The summed E-state index contributed by atoms with van der Waals surface area (Å²) in [4.78, 5) is 8.97. The van der Waals surface area contributed by atoms with Crippen molar-refractivity contribution in [2.75, 3.05) is 6.61 Å². The second-order valence-corrected chi connectivity index (χ2v) is 6.52. The first-order chi connectivity index (χ1) is 11.8. The fourth-order valence-corrected chi connectivity index (χ4v) is 3.19. The molecule has 0 saturated carbocycles. The largest absolute Gasteiger partial charge is 0.492 e. The van der Waals surface area contributed by atoms with Crippen molar-refractivity contribution in [3.63, 3.8) is 0 Å². The van der Waals surface area contributed by atoms with Gasteiger partial charge in [0, 0.05) is 17.0 Å². The quantitative estimate of drug-likeness (QED) is 0.362. The minimum absolute atomic E-state index is 0.695. The van der Waals surface area contributed by atoms with E-state index in [2.05, 4.69) is 16.9 Å². The molecule has 0 fully saturated rings. The van der Waals surface area contributed by atoms with E-state index >= 15 is 0 Å². The lowest BCUT2D eigenvalue weighted by atomic mass is 10.1. The highest BCUT2D eigenvalue weighted by Crippen LogP contribution is 2.30. The molecule has 0 aliphatic carbocycles. The Morgan fingerprint density at radius 3 is 2.71 bits per heavy atom.